The van der Waals surface area contributed by atoms with Crippen LogP contribution in [0.1, 0.15) is 23.6 Å². The molecule has 25 heavy (non-hydrogen) atoms. The minimum Gasteiger partial charge on any atom is -0.496 e. The van der Waals surface area contributed by atoms with Crippen molar-refractivity contribution in [3.05, 3.63) is 64.2 Å². The van der Waals surface area contributed by atoms with E-state index < -0.39 is 11.6 Å². The lowest BCUT2D eigenvalue weighted by Crippen LogP contribution is -2.40. The highest BCUT2D eigenvalue weighted by Gasteiger charge is 2.49. The number of urea groups is 1. The molecule has 0 saturated carbocycles. The van der Waals surface area contributed by atoms with E-state index in [4.69, 9.17) is 16.3 Å². The molecular weight excluding hydrogens is 340 g/mol. The Morgan fingerprint density at radius 1 is 1.20 bits per heavy atom. The smallest absolute Gasteiger partial charge is 0.325 e. The van der Waals surface area contributed by atoms with E-state index in [2.05, 4.69) is 5.32 Å². The lowest BCUT2D eigenvalue weighted by molar-refractivity contribution is -0.131. The summed E-state index contributed by atoms with van der Waals surface area (Å²) in [7, 11) is 1.60. The zero-order valence-electron chi connectivity index (χ0n) is 14.3. The van der Waals surface area contributed by atoms with Crippen molar-refractivity contribution in [2.75, 3.05) is 7.11 Å². The molecule has 1 fully saturated rings. The van der Waals surface area contributed by atoms with Gasteiger partial charge >= 0.3 is 6.03 Å². The Balaban J connectivity index is 1.90. The molecule has 1 aliphatic heterocycles. The number of nitrogens with zero attached hydrogens (tertiary/aromatic N) is 1. The lowest BCUT2D eigenvalue weighted by Gasteiger charge is -2.23. The summed E-state index contributed by atoms with van der Waals surface area (Å²) in [4.78, 5) is 26.6. The molecular formula is C19H19ClN2O3. The molecule has 0 aromatic heterocycles. The Kier molecular flexibility index (Phi) is 4.43. The fourth-order valence-electron chi connectivity index (χ4n) is 3.04. The highest BCUT2D eigenvalue weighted by molar-refractivity contribution is 6.30. The molecule has 1 atom stereocenters. The number of carbonyl (C=O) groups is 2. The molecule has 3 amide bonds. The number of rotatable bonds is 4. The molecule has 0 spiro atoms. The fourth-order valence-corrected chi connectivity index (χ4v) is 3.26. The number of nitrogens with one attached hydrogen (secondary N) is 1. The molecule has 130 valence electrons. The van der Waals surface area contributed by atoms with E-state index in [0.717, 1.165) is 22.4 Å². The summed E-state index contributed by atoms with van der Waals surface area (Å²) in [5.74, 6) is 0.446. The number of hydrogen-bond acceptors (Lipinski definition) is 3. The summed E-state index contributed by atoms with van der Waals surface area (Å²) >= 11 is 5.99. The molecule has 6 heteroatoms. The highest BCUT2D eigenvalue weighted by Crippen LogP contribution is 2.32. The number of halogens is 1. The molecule has 5 nitrogen and oxygen atoms in total. The molecule has 1 saturated heterocycles. The van der Waals surface area contributed by atoms with E-state index in [1.165, 1.54) is 4.90 Å². The summed E-state index contributed by atoms with van der Waals surface area (Å²) < 4.78 is 5.26. The van der Waals surface area contributed by atoms with Gasteiger partial charge in [-0.2, -0.15) is 0 Å². The molecule has 2 aromatic rings. The highest BCUT2D eigenvalue weighted by atomic mass is 35.5. The van der Waals surface area contributed by atoms with Gasteiger partial charge in [0, 0.05) is 5.02 Å². The van der Waals surface area contributed by atoms with Crippen molar-refractivity contribution in [3.63, 3.8) is 0 Å². The van der Waals surface area contributed by atoms with Crippen LogP contribution in [0.5, 0.6) is 5.75 Å². The van der Waals surface area contributed by atoms with Crippen LogP contribution in [0.25, 0.3) is 0 Å². The van der Waals surface area contributed by atoms with Gasteiger partial charge in [0.05, 0.1) is 13.7 Å². The third kappa shape index (κ3) is 3.07. The molecule has 0 bridgehead atoms. The van der Waals surface area contributed by atoms with E-state index in [-0.39, 0.29) is 12.5 Å². The largest absolute Gasteiger partial charge is 0.496 e. The van der Waals surface area contributed by atoms with E-state index in [1.807, 2.05) is 19.1 Å². The molecule has 2 aromatic carbocycles. The van der Waals surface area contributed by atoms with E-state index in [1.54, 1.807) is 44.4 Å². The first-order chi connectivity index (χ1) is 11.8. The van der Waals surface area contributed by atoms with Gasteiger partial charge in [0.15, 0.2) is 0 Å². The van der Waals surface area contributed by atoms with Gasteiger partial charge in [0.25, 0.3) is 5.91 Å². The molecule has 0 aliphatic carbocycles. The number of imide groups is 1. The Morgan fingerprint density at radius 3 is 2.60 bits per heavy atom. The number of aryl methyl sites for hydroxylation is 1. The maximum atomic E-state index is 13.0. The summed E-state index contributed by atoms with van der Waals surface area (Å²) in [6, 6.07) is 12.2. The van der Waals surface area contributed by atoms with E-state index in [0.29, 0.717) is 5.02 Å². The third-order valence-electron chi connectivity index (χ3n) is 4.48. The van der Waals surface area contributed by atoms with Gasteiger partial charge in [-0.05, 0) is 54.8 Å². The lowest BCUT2D eigenvalue weighted by atomic mass is 9.90. The van der Waals surface area contributed by atoms with Crippen LogP contribution >= 0.6 is 11.6 Å². The van der Waals surface area contributed by atoms with Crippen molar-refractivity contribution in [1.29, 1.82) is 0 Å². The Labute approximate surface area is 151 Å². The number of amides is 3. The van der Waals surface area contributed by atoms with Crippen molar-refractivity contribution in [2.24, 2.45) is 0 Å². The molecule has 1 unspecified atom stereocenters. The van der Waals surface area contributed by atoms with Crippen LogP contribution in [0.4, 0.5) is 4.79 Å². The SMILES string of the molecule is COc1ccc(C2(C)NC(=O)N(Cc3cccc(Cl)c3)C2=O)cc1C. The fraction of sp³-hybridized carbons (Fsp3) is 0.263. The average molecular weight is 359 g/mol. The normalized spacial score (nSPS) is 19.9. The molecule has 0 radical (unpaired) electrons. The van der Waals surface area contributed by atoms with Crippen molar-refractivity contribution in [1.82, 2.24) is 10.2 Å². The van der Waals surface area contributed by atoms with Gasteiger partial charge < -0.3 is 10.1 Å². The minimum atomic E-state index is -1.10. The predicted molar refractivity (Wildman–Crippen MR) is 95.6 cm³/mol. The number of carbonyl (C=O) groups excluding carboxylic acids is 2. The second kappa shape index (κ2) is 6.41. The van der Waals surface area contributed by atoms with Crippen LogP contribution < -0.4 is 10.1 Å². The van der Waals surface area contributed by atoms with Gasteiger partial charge in [-0.15, -0.1) is 0 Å². The first kappa shape index (κ1) is 17.3. The quantitative estimate of drug-likeness (QED) is 0.849. The Hall–Kier alpha value is -2.53. The first-order valence-electron chi connectivity index (χ1n) is 7.89. The second-order valence-electron chi connectivity index (χ2n) is 6.26. The van der Waals surface area contributed by atoms with Gasteiger partial charge in [0.2, 0.25) is 0 Å². The zero-order chi connectivity index (χ0) is 18.2. The van der Waals surface area contributed by atoms with Crippen LogP contribution in [-0.2, 0) is 16.9 Å². The van der Waals surface area contributed by atoms with Gasteiger partial charge in [-0.25, -0.2) is 4.79 Å². The van der Waals surface area contributed by atoms with Crippen LogP contribution in [0.3, 0.4) is 0 Å². The topological polar surface area (TPSA) is 58.6 Å². The zero-order valence-corrected chi connectivity index (χ0v) is 15.1. The van der Waals surface area contributed by atoms with Gasteiger partial charge in [-0.1, -0.05) is 29.8 Å². The van der Waals surface area contributed by atoms with E-state index >= 15 is 0 Å². The van der Waals surface area contributed by atoms with Crippen LogP contribution in [0.2, 0.25) is 5.02 Å². The summed E-state index contributed by atoms with van der Waals surface area (Å²) in [5, 5.41) is 3.38. The number of benzene rings is 2. The molecule has 3 rings (SSSR count). The Morgan fingerprint density at radius 2 is 1.96 bits per heavy atom. The van der Waals surface area contributed by atoms with Crippen molar-refractivity contribution >= 4 is 23.5 Å². The van der Waals surface area contributed by atoms with Crippen molar-refractivity contribution < 1.29 is 14.3 Å². The number of ether oxygens (including phenoxy) is 1. The third-order valence-corrected chi connectivity index (χ3v) is 4.71. The number of hydrogen-bond donors (Lipinski definition) is 1. The van der Waals surface area contributed by atoms with Crippen LogP contribution in [-0.4, -0.2) is 23.9 Å². The summed E-state index contributed by atoms with van der Waals surface area (Å²) in [5.41, 5.74) is 1.31. The summed E-state index contributed by atoms with van der Waals surface area (Å²) in [6.45, 7) is 3.79. The standard InChI is InChI=1S/C19H19ClN2O3/c1-12-9-14(7-8-16(12)25-3)19(2)17(23)22(18(24)21-19)11-13-5-4-6-15(20)10-13/h4-10H,11H2,1-3H3,(H,21,24). The molecule has 1 aliphatic rings. The second-order valence-corrected chi connectivity index (χ2v) is 6.70. The maximum absolute atomic E-state index is 13.0. The van der Waals surface area contributed by atoms with Crippen LogP contribution in [0.15, 0.2) is 42.5 Å². The predicted octanol–water partition coefficient (Wildman–Crippen LogP) is 3.62. The van der Waals surface area contributed by atoms with Crippen molar-refractivity contribution in [2.45, 2.75) is 25.9 Å². The maximum Gasteiger partial charge on any atom is 0.325 e. The number of methoxy groups -OCH3 is 1. The monoisotopic (exact) mass is 358 g/mol. The van der Waals surface area contributed by atoms with Gasteiger partial charge in [0.1, 0.15) is 11.3 Å². The Bertz CT molecular complexity index is 852. The average Bonchev–Trinajstić information content (AvgIpc) is 2.79. The molecule has 1 heterocycles. The summed E-state index contributed by atoms with van der Waals surface area (Å²) in [6.07, 6.45) is 0. The van der Waals surface area contributed by atoms with E-state index in [9.17, 15) is 9.59 Å². The van der Waals surface area contributed by atoms with Gasteiger partial charge in [-0.3, -0.25) is 9.69 Å². The van der Waals surface area contributed by atoms with Crippen molar-refractivity contribution in [3.8, 4) is 5.75 Å². The molecule has 1 N–H and O–H groups in total. The first-order valence-corrected chi connectivity index (χ1v) is 8.26. The van der Waals surface area contributed by atoms with Crippen LogP contribution in [0, 0.1) is 6.92 Å². The minimum absolute atomic E-state index is 0.177.